The lowest BCUT2D eigenvalue weighted by Crippen LogP contribution is -2.41. The molecular formula is C19H22Cl2N2O4S. The van der Waals surface area contributed by atoms with Crippen LogP contribution in [0.4, 0.5) is 5.69 Å². The van der Waals surface area contributed by atoms with Crippen molar-refractivity contribution in [3.05, 3.63) is 57.6 Å². The number of sulfonamides is 1. The van der Waals surface area contributed by atoms with E-state index in [2.05, 4.69) is 5.32 Å². The molecule has 1 N–H and O–H groups in total. The zero-order chi connectivity index (χ0) is 20.9. The third-order valence-electron chi connectivity index (χ3n) is 4.06. The van der Waals surface area contributed by atoms with Gasteiger partial charge in [0.15, 0.2) is 0 Å². The van der Waals surface area contributed by atoms with Gasteiger partial charge in [-0.1, -0.05) is 35.3 Å². The van der Waals surface area contributed by atoms with Crippen molar-refractivity contribution in [3.63, 3.8) is 0 Å². The SMILES string of the molecule is Cc1cccc(OCCNC(=O)CN(c2cc(Cl)cc(Cl)c2)S(C)(=O)=O)c1C. The number of rotatable bonds is 8. The number of benzene rings is 2. The first-order valence-electron chi connectivity index (χ1n) is 8.47. The zero-order valence-electron chi connectivity index (χ0n) is 15.8. The molecule has 0 aliphatic carbocycles. The quantitative estimate of drug-likeness (QED) is 0.631. The smallest absolute Gasteiger partial charge is 0.240 e. The summed E-state index contributed by atoms with van der Waals surface area (Å²) in [5.41, 5.74) is 2.38. The van der Waals surface area contributed by atoms with Crippen LogP contribution in [0.1, 0.15) is 11.1 Å². The number of amides is 1. The standard InChI is InChI=1S/C19H22Cl2N2O4S/c1-13-5-4-6-18(14(13)2)27-8-7-22-19(24)12-23(28(3,25)26)17-10-15(20)9-16(21)11-17/h4-6,9-11H,7-8,12H2,1-3H3,(H,22,24). The van der Waals surface area contributed by atoms with Gasteiger partial charge in [0.25, 0.3) is 0 Å². The second-order valence-electron chi connectivity index (χ2n) is 6.29. The highest BCUT2D eigenvalue weighted by molar-refractivity contribution is 7.92. The third kappa shape index (κ3) is 6.29. The van der Waals surface area contributed by atoms with Crippen LogP contribution in [0.15, 0.2) is 36.4 Å². The molecule has 0 saturated heterocycles. The van der Waals surface area contributed by atoms with Crippen molar-refractivity contribution >= 4 is 44.8 Å². The first-order valence-corrected chi connectivity index (χ1v) is 11.1. The molecule has 28 heavy (non-hydrogen) atoms. The Morgan fingerprint density at radius 1 is 1.14 bits per heavy atom. The van der Waals surface area contributed by atoms with Crippen LogP contribution in [0.2, 0.25) is 10.0 Å². The number of aryl methyl sites for hydroxylation is 1. The Hall–Kier alpha value is -1.96. The molecule has 0 saturated carbocycles. The van der Waals surface area contributed by atoms with Crippen LogP contribution < -0.4 is 14.4 Å². The summed E-state index contributed by atoms with van der Waals surface area (Å²) in [4.78, 5) is 12.2. The number of halogens is 2. The number of nitrogens with one attached hydrogen (secondary N) is 1. The minimum atomic E-state index is -3.71. The Morgan fingerprint density at radius 2 is 1.79 bits per heavy atom. The van der Waals surface area contributed by atoms with Crippen molar-refractivity contribution in [1.82, 2.24) is 5.32 Å². The van der Waals surface area contributed by atoms with E-state index in [1.807, 2.05) is 32.0 Å². The Morgan fingerprint density at radius 3 is 2.39 bits per heavy atom. The second kappa shape index (κ2) is 9.49. The summed E-state index contributed by atoms with van der Waals surface area (Å²) in [5.74, 6) is 0.284. The van der Waals surface area contributed by atoms with Gasteiger partial charge in [-0.3, -0.25) is 9.10 Å². The van der Waals surface area contributed by atoms with Crippen molar-refractivity contribution < 1.29 is 17.9 Å². The molecule has 0 aliphatic rings. The van der Waals surface area contributed by atoms with E-state index in [1.54, 1.807) is 0 Å². The number of nitrogens with zero attached hydrogens (tertiary/aromatic N) is 1. The normalized spacial score (nSPS) is 11.2. The minimum Gasteiger partial charge on any atom is -0.491 e. The van der Waals surface area contributed by atoms with Crippen LogP contribution in [0.5, 0.6) is 5.75 Å². The van der Waals surface area contributed by atoms with E-state index in [9.17, 15) is 13.2 Å². The molecular weight excluding hydrogens is 423 g/mol. The fraction of sp³-hybridized carbons (Fsp3) is 0.316. The molecule has 0 spiro atoms. The Labute approximate surface area is 175 Å². The second-order valence-corrected chi connectivity index (χ2v) is 9.07. The molecule has 2 aromatic carbocycles. The largest absolute Gasteiger partial charge is 0.491 e. The monoisotopic (exact) mass is 444 g/mol. The molecule has 2 rings (SSSR count). The molecule has 152 valence electrons. The summed E-state index contributed by atoms with van der Waals surface area (Å²) >= 11 is 11.9. The lowest BCUT2D eigenvalue weighted by Gasteiger charge is -2.22. The van der Waals surface area contributed by atoms with Gasteiger partial charge >= 0.3 is 0 Å². The maximum Gasteiger partial charge on any atom is 0.240 e. The molecule has 0 heterocycles. The van der Waals surface area contributed by atoms with Gasteiger partial charge in [-0.05, 0) is 49.2 Å². The Kier molecular flexibility index (Phi) is 7.57. The number of carbonyl (C=O) groups is 1. The average Bonchev–Trinajstić information content (AvgIpc) is 2.58. The average molecular weight is 445 g/mol. The molecule has 0 aromatic heterocycles. The Bertz CT molecular complexity index is 944. The predicted octanol–water partition coefficient (Wildman–Crippen LogP) is 3.57. The lowest BCUT2D eigenvalue weighted by atomic mass is 10.1. The van der Waals surface area contributed by atoms with Crippen LogP contribution in [0.3, 0.4) is 0 Å². The van der Waals surface area contributed by atoms with Gasteiger partial charge in [-0.2, -0.15) is 0 Å². The van der Waals surface area contributed by atoms with E-state index in [-0.39, 0.29) is 35.4 Å². The van der Waals surface area contributed by atoms with E-state index >= 15 is 0 Å². The van der Waals surface area contributed by atoms with E-state index < -0.39 is 15.9 Å². The van der Waals surface area contributed by atoms with Crippen molar-refractivity contribution in [2.24, 2.45) is 0 Å². The van der Waals surface area contributed by atoms with Crippen LogP contribution in [-0.4, -0.2) is 40.3 Å². The Balaban J connectivity index is 1.96. The van der Waals surface area contributed by atoms with Gasteiger partial charge < -0.3 is 10.1 Å². The highest BCUT2D eigenvalue weighted by Gasteiger charge is 2.21. The summed E-state index contributed by atoms with van der Waals surface area (Å²) < 4.78 is 30.8. The molecule has 0 aliphatic heterocycles. The highest BCUT2D eigenvalue weighted by atomic mass is 35.5. The molecule has 9 heteroatoms. The van der Waals surface area contributed by atoms with Gasteiger partial charge in [0.05, 0.1) is 18.5 Å². The summed E-state index contributed by atoms with van der Waals surface area (Å²) in [6.45, 7) is 4.06. The van der Waals surface area contributed by atoms with Crippen molar-refractivity contribution in [3.8, 4) is 5.75 Å². The topological polar surface area (TPSA) is 75.7 Å². The highest BCUT2D eigenvalue weighted by Crippen LogP contribution is 2.26. The molecule has 0 atom stereocenters. The maximum atomic E-state index is 12.2. The summed E-state index contributed by atoms with van der Waals surface area (Å²) in [6, 6.07) is 10.1. The van der Waals surface area contributed by atoms with Crippen LogP contribution in [0, 0.1) is 13.8 Å². The van der Waals surface area contributed by atoms with Crippen molar-refractivity contribution in [2.45, 2.75) is 13.8 Å². The van der Waals surface area contributed by atoms with Crippen molar-refractivity contribution in [2.75, 3.05) is 30.3 Å². The first-order chi connectivity index (χ1) is 13.1. The maximum absolute atomic E-state index is 12.2. The number of anilines is 1. The van der Waals surface area contributed by atoms with Gasteiger partial charge in [0.1, 0.15) is 18.9 Å². The number of hydrogen-bond acceptors (Lipinski definition) is 4. The number of hydrogen-bond donors (Lipinski definition) is 1. The number of ether oxygens (including phenoxy) is 1. The third-order valence-corrected chi connectivity index (χ3v) is 5.64. The molecule has 0 bridgehead atoms. The van der Waals surface area contributed by atoms with Crippen molar-refractivity contribution in [1.29, 1.82) is 0 Å². The van der Waals surface area contributed by atoms with Crippen LogP contribution in [-0.2, 0) is 14.8 Å². The zero-order valence-corrected chi connectivity index (χ0v) is 18.2. The van der Waals surface area contributed by atoms with E-state index in [4.69, 9.17) is 27.9 Å². The lowest BCUT2D eigenvalue weighted by molar-refractivity contribution is -0.119. The molecule has 2 aromatic rings. The van der Waals surface area contributed by atoms with E-state index in [1.165, 1.54) is 18.2 Å². The first kappa shape index (κ1) is 22.3. The molecule has 0 radical (unpaired) electrons. The molecule has 0 unspecified atom stereocenters. The summed E-state index contributed by atoms with van der Waals surface area (Å²) in [5, 5.41) is 3.21. The van der Waals surface area contributed by atoms with Gasteiger partial charge in [-0.15, -0.1) is 0 Å². The van der Waals surface area contributed by atoms with Gasteiger partial charge in [0, 0.05) is 10.0 Å². The molecule has 1 amide bonds. The number of carbonyl (C=O) groups excluding carboxylic acids is 1. The van der Waals surface area contributed by atoms with Gasteiger partial charge in [-0.25, -0.2) is 8.42 Å². The molecule has 6 nitrogen and oxygen atoms in total. The van der Waals surface area contributed by atoms with E-state index in [0.29, 0.717) is 0 Å². The van der Waals surface area contributed by atoms with Gasteiger partial charge in [0.2, 0.25) is 15.9 Å². The minimum absolute atomic E-state index is 0.224. The van der Waals surface area contributed by atoms with E-state index in [0.717, 1.165) is 27.4 Å². The predicted molar refractivity (Wildman–Crippen MR) is 113 cm³/mol. The fourth-order valence-corrected chi connectivity index (χ4v) is 3.86. The van der Waals surface area contributed by atoms with Crippen LogP contribution >= 0.6 is 23.2 Å². The summed E-state index contributed by atoms with van der Waals surface area (Å²) in [6.07, 6.45) is 1.01. The fourth-order valence-electron chi connectivity index (χ4n) is 2.50. The molecule has 0 fully saturated rings. The van der Waals surface area contributed by atoms with Crippen LogP contribution in [0.25, 0.3) is 0 Å². The summed E-state index contributed by atoms with van der Waals surface area (Å²) in [7, 11) is -3.71.